The van der Waals surface area contributed by atoms with Crippen LogP contribution in [0, 0.1) is 0 Å². The summed E-state index contributed by atoms with van der Waals surface area (Å²) >= 11 is 0. The molecular formula is C19H23NO2Si. The zero-order chi connectivity index (χ0) is 17.0. The number of benzene rings is 2. The summed E-state index contributed by atoms with van der Waals surface area (Å²) in [4.78, 5) is 11.5. The van der Waals surface area contributed by atoms with Crippen LogP contribution in [0.5, 0.6) is 0 Å². The Bertz CT molecular complexity index is 778. The average Bonchev–Trinajstić information content (AvgIpc) is 2.54. The number of ether oxygens (including phenoxy) is 1. The lowest BCUT2D eigenvalue weighted by Gasteiger charge is -2.24. The summed E-state index contributed by atoms with van der Waals surface area (Å²) in [5.41, 5.74) is 6.84. The lowest BCUT2D eigenvalue weighted by molar-refractivity contribution is -0.136. The standard InChI is InChI=1S/C19H23NO2Si/c1-5-12-23(3,4)18-11-10-14(13-17(20)19(21)22-2)15-8-6-7-9-16(15)18/h5-11,13H,1,12,20H2,2-4H3/b17-13+. The van der Waals surface area contributed by atoms with Crippen molar-refractivity contribution in [2.75, 3.05) is 7.11 Å². The molecule has 0 aromatic heterocycles. The summed E-state index contributed by atoms with van der Waals surface area (Å²) in [7, 11) is -0.270. The number of carbonyl (C=O) groups is 1. The van der Waals surface area contributed by atoms with E-state index in [-0.39, 0.29) is 5.70 Å². The Morgan fingerprint density at radius 1 is 1.22 bits per heavy atom. The van der Waals surface area contributed by atoms with E-state index in [4.69, 9.17) is 5.73 Å². The van der Waals surface area contributed by atoms with Gasteiger partial charge in [-0.15, -0.1) is 6.58 Å². The van der Waals surface area contributed by atoms with Gasteiger partial charge in [0.1, 0.15) is 5.70 Å². The second-order valence-electron chi connectivity index (χ2n) is 6.22. The maximum atomic E-state index is 11.5. The molecule has 0 saturated heterocycles. The Kier molecular flexibility index (Phi) is 5.06. The highest BCUT2D eigenvalue weighted by Crippen LogP contribution is 2.23. The van der Waals surface area contributed by atoms with E-state index in [1.54, 1.807) is 6.08 Å². The predicted molar refractivity (Wildman–Crippen MR) is 100 cm³/mol. The molecule has 0 fully saturated rings. The summed E-state index contributed by atoms with van der Waals surface area (Å²) in [5, 5.41) is 3.71. The predicted octanol–water partition coefficient (Wildman–Crippen LogP) is 3.41. The Morgan fingerprint density at radius 3 is 2.48 bits per heavy atom. The largest absolute Gasteiger partial charge is 0.464 e. The quantitative estimate of drug-likeness (QED) is 0.397. The number of fused-ring (bicyclic) bond motifs is 1. The minimum Gasteiger partial charge on any atom is -0.464 e. The molecule has 3 nitrogen and oxygen atoms in total. The van der Waals surface area contributed by atoms with E-state index in [1.807, 2.05) is 24.3 Å². The fraction of sp³-hybridized carbons (Fsp3) is 0.211. The molecule has 23 heavy (non-hydrogen) atoms. The Morgan fingerprint density at radius 2 is 1.87 bits per heavy atom. The lowest BCUT2D eigenvalue weighted by atomic mass is 10.0. The van der Waals surface area contributed by atoms with Crippen molar-refractivity contribution in [2.24, 2.45) is 5.73 Å². The highest BCUT2D eigenvalue weighted by Gasteiger charge is 2.24. The van der Waals surface area contributed by atoms with Crippen molar-refractivity contribution < 1.29 is 9.53 Å². The SMILES string of the molecule is C=CC[Si](C)(C)c1ccc(/C=C(/N)C(=O)OC)c2ccccc12. The van der Waals surface area contributed by atoms with Crippen molar-refractivity contribution >= 4 is 36.1 Å². The van der Waals surface area contributed by atoms with Crippen molar-refractivity contribution in [1.29, 1.82) is 0 Å². The van der Waals surface area contributed by atoms with E-state index in [1.165, 1.54) is 17.7 Å². The fourth-order valence-electron chi connectivity index (χ4n) is 2.85. The number of methoxy groups -OCH3 is 1. The molecule has 120 valence electrons. The van der Waals surface area contributed by atoms with E-state index >= 15 is 0 Å². The molecule has 0 aliphatic carbocycles. The molecule has 0 aliphatic rings. The maximum Gasteiger partial charge on any atom is 0.353 e. The van der Waals surface area contributed by atoms with Gasteiger partial charge in [0.15, 0.2) is 0 Å². The third-order valence-electron chi connectivity index (χ3n) is 4.07. The maximum absolute atomic E-state index is 11.5. The molecule has 0 radical (unpaired) electrons. The third-order valence-corrected chi connectivity index (χ3v) is 7.28. The summed E-state index contributed by atoms with van der Waals surface area (Å²) in [6.45, 7) is 8.58. The summed E-state index contributed by atoms with van der Waals surface area (Å²) < 4.78 is 4.67. The molecule has 0 atom stereocenters. The average molecular weight is 325 g/mol. The van der Waals surface area contributed by atoms with Gasteiger partial charge >= 0.3 is 5.97 Å². The van der Waals surface area contributed by atoms with Crippen LogP contribution in [-0.4, -0.2) is 21.2 Å². The first-order valence-corrected chi connectivity index (χ1v) is 10.8. The highest BCUT2D eigenvalue weighted by atomic mass is 28.3. The first-order chi connectivity index (χ1) is 10.9. The van der Waals surface area contributed by atoms with Crippen LogP contribution in [0.1, 0.15) is 5.56 Å². The van der Waals surface area contributed by atoms with Gasteiger partial charge in [0.05, 0.1) is 15.2 Å². The van der Waals surface area contributed by atoms with Gasteiger partial charge in [-0.3, -0.25) is 0 Å². The van der Waals surface area contributed by atoms with Crippen LogP contribution in [0.3, 0.4) is 0 Å². The number of allylic oxidation sites excluding steroid dienone is 1. The van der Waals surface area contributed by atoms with Gasteiger partial charge in [-0.05, 0) is 28.5 Å². The molecule has 0 saturated carbocycles. The molecule has 2 N–H and O–H groups in total. The Balaban J connectivity index is 2.65. The smallest absolute Gasteiger partial charge is 0.353 e. The van der Waals surface area contributed by atoms with Crippen molar-refractivity contribution in [1.82, 2.24) is 0 Å². The van der Waals surface area contributed by atoms with Crippen LogP contribution in [0.4, 0.5) is 0 Å². The third kappa shape index (κ3) is 3.54. The zero-order valence-electron chi connectivity index (χ0n) is 13.9. The number of esters is 1. The number of hydrogen-bond acceptors (Lipinski definition) is 3. The van der Waals surface area contributed by atoms with Gasteiger partial charge in [0, 0.05) is 0 Å². The molecule has 0 spiro atoms. The molecule has 0 heterocycles. The normalized spacial score (nSPS) is 12.2. The van der Waals surface area contributed by atoms with Crippen LogP contribution in [0.25, 0.3) is 16.8 Å². The van der Waals surface area contributed by atoms with E-state index in [0.717, 1.165) is 17.0 Å². The van der Waals surface area contributed by atoms with Gasteiger partial charge in [-0.1, -0.05) is 60.8 Å². The molecule has 4 heteroatoms. The van der Waals surface area contributed by atoms with Crippen molar-refractivity contribution in [3.63, 3.8) is 0 Å². The number of rotatable bonds is 5. The number of hydrogen-bond donors (Lipinski definition) is 1. The van der Waals surface area contributed by atoms with Gasteiger partial charge in [0.25, 0.3) is 0 Å². The number of carbonyl (C=O) groups excluding carboxylic acids is 1. The van der Waals surface area contributed by atoms with Gasteiger partial charge in [0.2, 0.25) is 0 Å². The summed E-state index contributed by atoms with van der Waals surface area (Å²) in [6.07, 6.45) is 3.68. The van der Waals surface area contributed by atoms with E-state index in [0.29, 0.717) is 0 Å². The molecule has 0 aliphatic heterocycles. The molecule has 0 bridgehead atoms. The number of nitrogens with two attached hydrogens (primary N) is 1. The molecule has 2 aromatic rings. The van der Waals surface area contributed by atoms with E-state index in [2.05, 4.69) is 42.6 Å². The first kappa shape index (κ1) is 17.0. The molecular weight excluding hydrogens is 302 g/mol. The summed E-state index contributed by atoms with van der Waals surface area (Å²) in [6, 6.07) is 13.5. The highest BCUT2D eigenvalue weighted by molar-refractivity contribution is 6.91. The van der Waals surface area contributed by atoms with E-state index in [9.17, 15) is 4.79 Å². The van der Waals surface area contributed by atoms with Crippen molar-refractivity contribution in [3.05, 3.63) is 60.3 Å². The van der Waals surface area contributed by atoms with Crippen LogP contribution < -0.4 is 10.9 Å². The topological polar surface area (TPSA) is 52.3 Å². The second kappa shape index (κ2) is 6.83. The van der Waals surface area contributed by atoms with Crippen LogP contribution in [0.15, 0.2) is 54.8 Å². The Hall–Kier alpha value is -2.33. The monoisotopic (exact) mass is 325 g/mol. The van der Waals surface area contributed by atoms with Gasteiger partial charge < -0.3 is 10.5 Å². The van der Waals surface area contributed by atoms with Gasteiger partial charge in [-0.25, -0.2) is 4.79 Å². The molecule has 0 amide bonds. The minimum atomic E-state index is -1.60. The molecule has 2 aromatic carbocycles. The first-order valence-electron chi connectivity index (χ1n) is 7.59. The van der Waals surface area contributed by atoms with Gasteiger partial charge in [-0.2, -0.15) is 0 Å². The van der Waals surface area contributed by atoms with Crippen molar-refractivity contribution in [3.8, 4) is 0 Å². The lowest BCUT2D eigenvalue weighted by Crippen LogP contribution is -2.41. The second-order valence-corrected chi connectivity index (χ2v) is 10.9. The molecule has 0 unspecified atom stereocenters. The zero-order valence-corrected chi connectivity index (χ0v) is 14.9. The van der Waals surface area contributed by atoms with Crippen LogP contribution in [0.2, 0.25) is 19.1 Å². The van der Waals surface area contributed by atoms with Crippen LogP contribution in [-0.2, 0) is 9.53 Å². The van der Waals surface area contributed by atoms with Crippen molar-refractivity contribution in [2.45, 2.75) is 19.1 Å². The summed E-state index contributed by atoms with van der Waals surface area (Å²) in [5.74, 6) is -0.514. The Labute approximate surface area is 138 Å². The van der Waals surface area contributed by atoms with E-state index < -0.39 is 14.0 Å². The van der Waals surface area contributed by atoms with Crippen LogP contribution >= 0.6 is 0 Å². The molecule has 2 rings (SSSR count). The fourth-order valence-corrected chi connectivity index (χ4v) is 5.28. The minimum absolute atomic E-state index is 0.105.